The van der Waals surface area contributed by atoms with Crippen LogP contribution in [0.15, 0.2) is 42.5 Å². The van der Waals surface area contributed by atoms with Gasteiger partial charge in [0.15, 0.2) is 5.13 Å². The van der Waals surface area contributed by atoms with Gasteiger partial charge >= 0.3 is 6.03 Å². The summed E-state index contributed by atoms with van der Waals surface area (Å²) < 4.78 is 27.8. The standard InChI is InChI=1S/C18H16F2N4OS/c19-12-5-6-15-16(11-12)26-18(22-15)24-9-7-23(8-10-24)17(25)21-14-4-2-1-3-13(14)20/h1-6,11H,7-10H2,(H,21,25). The van der Waals surface area contributed by atoms with E-state index in [1.807, 2.05) is 0 Å². The highest BCUT2D eigenvalue weighted by Crippen LogP contribution is 2.30. The summed E-state index contributed by atoms with van der Waals surface area (Å²) in [5, 5.41) is 3.42. The summed E-state index contributed by atoms with van der Waals surface area (Å²) >= 11 is 1.44. The number of para-hydroxylation sites is 1. The average molecular weight is 374 g/mol. The number of amides is 2. The third-order valence-corrected chi connectivity index (χ3v) is 5.37. The van der Waals surface area contributed by atoms with E-state index in [4.69, 9.17) is 0 Å². The van der Waals surface area contributed by atoms with Crippen LogP contribution in [0.25, 0.3) is 10.2 Å². The number of carbonyl (C=O) groups excluding carboxylic acids is 1. The first-order valence-corrected chi connectivity index (χ1v) is 9.03. The lowest BCUT2D eigenvalue weighted by Gasteiger charge is -2.34. The Labute approximate surface area is 152 Å². The minimum absolute atomic E-state index is 0.174. The number of aromatic nitrogens is 1. The highest BCUT2D eigenvalue weighted by Gasteiger charge is 2.23. The van der Waals surface area contributed by atoms with Gasteiger partial charge in [-0.2, -0.15) is 0 Å². The van der Waals surface area contributed by atoms with Crippen molar-refractivity contribution in [2.75, 3.05) is 36.4 Å². The van der Waals surface area contributed by atoms with E-state index in [9.17, 15) is 13.6 Å². The SMILES string of the molecule is O=C(Nc1ccccc1F)N1CCN(c2nc3ccc(F)cc3s2)CC1. The molecule has 0 bridgehead atoms. The number of rotatable bonds is 2. The molecule has 2 heterocycles. The molecule has 1 saturated heterocycles. The number of carbonyl (C=O) groups is 1. The summed E-state index contributed by atoms with van der Waals surface area (Å²) in [6.45, 7) is 2.25. The molecule has 8 heteroatoms. The Kier molecular flexibility index (Phi) is 4.42. The second-order valence-electron chi connectivity index (χ2n) is 5.99. The first kappa shape index (κ1) is 16.7. The van der Waals surface area contributed by atoms with Crippen molar-refractivity contribution in [2.45, 2.75) is 0 Å². The van der Waals surface area contributed by atoms with Crippen LogP contribution in [0.4, 0.5) is 24.4 Å². The number of fused-ring (bicyclic) bond motifs is 1. The fourth-order valence-electron chi connectivity index (χ4n) is 2.88. The zero-order valence-electron chi connectivity index (χ0n) is 13.8. The molecule has 4 rings (SSSR count). The van der Waals surface area contributed by atoms with Gasteiger partial charge in [-0.25, -0.2) is 18.6 Å². The second kappa shape index (κ2) is 6.87. The van der Waals surface area contributed by atoms with E-state index in [-0.39, 0.29) is 17.5 Å². The van der Waals surface area contributed by atoms with Crippen molar-refractivity contribution < 1.29 is 13.6 Å². The number of benzene rings is 2. The molecule has 0 atom stereocenters. The largest absolute Gasteiger partial charge is 0.345 e. The molecule has 0 unspecified atom stereocenters. The average Bonchev–Trinajstić information content (AvgIpc) is 3.07. The van der Waals surface area contributed by atoms with Gasteiger partial charge in [0, 0.05) is 26.2 Å². The molecular formula is C18H16F2N4OS. The number of hydrogen-bond donors (Lipinski definition) is 1. The predicted octanol–water partition coefficient (Wildman–Crippen LogP) is 3.93. The molecule has 1 N–H and O–H groups in total. The van der Waals surface area contributed by atoms with Crippen molar-refractivity contribution in [2.24, 2.45) is 0 Å². The van der Waals surface area contributed by atoms with Crippen LogP contribution in [0.3, 0.4) is 0 Å². The summed E-state index contributed by atoms with van der Waals surface area (Å²) in [6, 6.07) is 10.3. The van der Waals surface area contributed by atoms with Gasteiger partial charge in [0.25, 0.3) is 0 Å². The molecule has 2 amide bonds. The number of hydrogen-bond acceptors (Lipinski definition) is 4. The topological polar surface area (TPSA) is 48.5 Å². The van der Waals surface area contributed by atoms with E-state index in [2.05, 4.69) is 15.2 Å². The predicted molar refractivity (Wildman–Crippen MR) is 98.8 cm³/mol. The molecule has 2 aromatic carbocycles. The maximum Gasteiger partial charge on any atom is 0.322 e. The third-order valence-electron chi connectivity index (χ3n) is 4.29. The van der Waals surface area contributed by atoms with Gasteiger partial charge in [0.2, 0.25) is 0 Å². The summed E-state index contributed by atoms with van der Waals surface area (Å²) in [7, 11) is 0. The Morgan fingerprint density at radius 2 is 1.85 bits per heavy atom. The van der Waals surface area contributed by atoms with Crippen LogP contribution in [0.1, 0.15) is 0 Å². The first-order valence-electron chi connectivity index (χ1n) is 8.22. The molecule has 1 aliphatic heterocycles. The number of thiazole rings is 1. The quantitative estimate of drug-likeness (QED) is 0.739. The number of nitrogens with one attached hydrogen (secondary N) is 1. The van der Waals surface area contributed by atoms with Gasteiger partial charge < -0.3 is 15.1 Å². The minimum atomic E-state index is -0.457. The summed E-state index contributed by atoms with van der Waals surface area (Å²) in [4.78, 5) is 20.6. The van der Waals surface area contributed by atoms with Gasteiger partial charge in [-0.15, -0.1) is 0 Å². The summed E-state index contributed by atoms with van der Waals surface area (Å²) in [5.41, 5.74) is 0.944. The third kappa shape index (κ3) is 3.32. The fourth-order valence-corrected chi connectivity index (χ4v) is 3.92. The molecule has 0 radical (unpaired) electrons. The number of piperazine rings is 1. The molecular weight excluding hydrogens is 358 g/mol. The molecule has 134 valence electrons. The first-order chi connectivity index (χ1) is 12.6. The van der Waals surface area contributed by atoms with Crippen LogP contribution in [-0.4, -0.2) is 42.1 Å². The number of anilines is 2. The second-order valence-corrected chi connectivity index (χ2v) is 7.00. The molecule has 1 aliphatic rings. The van der Waals surface area contributed by atoms with Crippen molar-refractivity contribution >= 4 is 38.4 Å². The van der Waals surface area contributed by atoms with Gasteiger partial charge in [0.1, 0.15) is 11.6 Å². The van der Waals surface area contributed by atoms with Crippen LogP contribution in [0, 0.1) is 11.6 Å². The Morgan fingerprint density at radius 1 is 1.08 bits per heavy atom. The molecule has 26 heavy (non-hydrogen) atoms. The molecule has 3 aromatic rings. The van der Waals surface area contributed by atoms with Crippen molar-refractivity contribution in [1.29, 1.82) is 0 Å². The van der Waals surface area contributed by atoms with E-state index in [0.717, 1.165) is 15.3 Å². The maximum atomic E-state index is 13.7. The number of nitrogens with zero attached hydrogens (tertiary/aromatic N) is 3. The van der Waals surface area contributed by atoms with Crippen molar-refractivity contribution in [3.63, 3.8) is 0 Å². The van der Waals surface area contributed by atoms with Gasteiger partial charge in [-0.3, -0.25) is 0 Å². The smallest absolute Gasteiger partial charge is 0.322 e. The highest BCUT2D eigenvalue weighted by atomic mass is 32.1. The van der Waals surface area contributed by atoms with Gasteiger partial charge in [0.05, 0.1) is 15.9 Å². The molecule has 0 saturated carbocycles. The zero-order chi connectivity index (χ0) is 18.1. The van der Waals surface area contributed by atoms with Crippen LogP contribution in [-0.2, 0) is 0 Å². The molecule has 1 aromatic heterocycles. The lowest BCUT2D eigenvalue weighted by atomic mass is 10.3. The monoisotopic (exact) mass is 374 g/mol. The van der Waals surface area contributed by atoms with E-state index >= 15 is 0 Å². The van der Waals surface area contributed by atoms with E-state index < -0.39 is 5.82 Å². The van der Waals surface area contributed by atoms with Gasteiger partial charge in [-0.05, 0) is 30.3 Å². The normalized spacial score (nSPS) is 14.7. The Morgan fingerprint density at radius 3 is 2.62 bits per heavy atom. The van der Waals surface area contributed by atoms with E-state index in [1.165, 1.54) is 35.6 Å². The molecule has 0 spiro atoms. The molecule has 1 fully saturated rings. The van der Waals surface area contributed by atoms with Crippen LogP contribution < -0.4 is 10.2 Å². The Bertz CT molecular complexity index is 953. The van der Waals surface area contributed by atoms with Crippen LogP contribution in [0.5, 0.6) is 0 Å². The molecule has 0 aliphatic carbocycles. The number of halogens is 2. The van der Waals surface area contributed by atoms with Crippen LogP contribution >= 0.6 is 11.3 Å². The van der Waals surface area contributed by atoms with Crippen LogP contribution in [0.2, 0.25) is 0 Å². The molecule has 5 nitrogen and oxygen atoms in total. The van der Waals surface area contributed by atoms with Crippen molar-refractivity contribution in [3.8, 4) is 0 Å². The summed E-state index contributed by atoms with van der Waals surface area (Å²) in [5.74, 6) is -0.733. The highest BCUT2D eigenvalue weighted by molar-refractivity contribution is 7.22. The fraction of sp³-hybridized carbons (Fsp3) is 0.222. The Balaban J connectivity index is 1.40. The minimum Gasteiger partial charge on any atom is -0.345 e. The van der Waals surface area contributed by atoms with Gasteiger partial charge in [-0.1, -0.05) is 23.5 Å². The maximum absolute atomic E-state index is 13.7. The Hall–Kier alpha value is -2.74. The lowest BCUT2D eigenvalue weighted by molar-refractivity contribution is 0.208. The van der Waals surface area contributed by atoms with E-state index in [0.29, 0.717) is 26.2 Å². The van der Waals surface area contributed by atoms with Crippen molar-refractivity contribution in [1.82, 2.24) is 9.88 Å². The van der Waals surface area contributed by atoms with Crippen molar-refractivity contribution in [3.05, 3.63) is 54.1 Å². The summed E-state index contributed by atoms with van der Waals surface area (Å²) in [6.07, 6.45) is 0. The van der Waals surface area contributed by atoms with E-state index in [1.54, 1.807) is 23.1 Å². The number of urea groups is 1. The lowest BCUT2D eigenvalue weighted by Crippen LogP contribution is -2.50. The zero-order valence-corrected chi connectivity index (χ0v) is 14.6.